The third-order valence-corrected chi connectivity index (χ3v) is 10.8. The van der Waals surface area contributed by atoms with E-state index < -0.39 is 27.1 Å². The van der Waals surface area contributed by atoms with Crippen molar-refractivity contribution in [3.63, 3.8) is 0 Å². The van der Waals surface area contributed by atoms with Gasteiger partial charge in [0, 0.05) is 36.4 Å². The van der Waals surface area contributed by atoms with E-state index in [9.17, 15) is 14.4 Å². The number of hydrogen-bond donors (Lipinski definition) is 0. The Bertz CT molecular complexity index is 957. The van der Waals surface area contributed by atoms with Crippen molar-refractivity contribution in [3.8, 4) is 5.75 Å². The van der Waals surface area contributed by atoms with E-state index in [1.807, 2.05) is 74.6 Å². The second kappa shape index (κ2) is 15.1. The first-order valence-corrected chi connectivity index (χ1v) is 16.0. The largest absolute Gasteiger partial charge is 0.497 e. The predicted octanol–water partition coefficient (Wildman–Crippen LogP) is 6.48. The molecule has 0 spiro atoms. The molecule has 39 heavy (non-hydrogen) atoms. The maximum Gasteiger partial charge on any atom is 0.309 e. The summed E-state index contributed by atoms with van der Waals surface area (Å²) in [5.74, 6) is 0.506. The molecule has 0 amide bonds. The van der Waals surface area contributed by atoms with Crippen LogP contribution >= 0.6 is 34.4 Å². The van der Waals surface area contributed by atoms with Gasteiger partial charge in [-0.3, -0.25) is 14.4 Å². The van der Waals surface area contributed by atoms with Gasteiger partial charge in [0.15, 0.2) is 9.71 Å². The summed E-state index contributed by atoms with van der Waals surface area (Å²) in [5, 5.41) is 0. The summed E-state index contributed by atoms with van der Waals surface area (Å²) in [4.78, 5) is 38.8. The lowest BCUT2D eigenvalue weighted by atomic mass is 9.74. The number of Topliss-reactive ketones (excluding diaryl/α,β-unsaturated/α-hetero) is 1. The van der Waals surface area contributed by atoms with Crippen LogP contribution in [0.2, 0.25) is 0 Å². The molecule has 1 fully saturated rings. The van der Waals surface area contributed by atoms with Crippen LogP contribution in [-0.4, -0.2) is 53.5 Å². The van der Waals surface area contributed by atoms with Crippen LogP contribution < -0.4 is 4.74 Å². The monoisotopic (exact) mass is 676 g/mol. The highest BCUT2D eigenvalue weighted by Gasteiger charge is 2.50. The summed E-state index contributed by atoms with van der Waals surface area (Å²) < 4.78 is 22.1. The van der Waals surface area contributed by atoms with Gasteiger partial charge in [0.1, 0.15) is 11.5 Å². The average molecular weight is 677 g/mol. The van der Waals surface area contributed by atoms with Crippen LogP contribution in [0.15, 0.2) is 24.3 Å². The first-order valence-electron chi connectivity index (χ1n) is 13.6. The minimum Gasteiger partial charge on any atom is -0.497 e. The van der Waals surface area contributed by atoms with Crippen molar-refractivity contribution in [2.24, 2.45) is 29.6 Å². The zero-order chi connectivity index (χ0) is 29.4. The molecule has 2 rings (SSSR count). The lowest BCUT2D eigenvalue weighted by Gasteiger charge is -2.43. The van der Waals surface area contributed by atoms with Gasteiger partial charge < -0.3 is 18.9 Å². The van der Waals surface area contributed by atoms with Gasteiger partial charge >= 0.3 is 5.97 Å². The lowest BCUT2D eigenvalue weighted by Crippen LogP contribution is -2.53. The summed E-state index contributed by atoms with van der Waals surface area (Å²) >= 11 is 3.70. The van der Waals surface area contributed by atoms with Crippen molar-refractivity contribution in [1.29, 1.82) is 0 Å². The molecule has 0 unspecified atom stereocenters. The predicted molar refractivity (Wildman–Crippen MR) is 163 cm³/mol. The molecular formula is C30H45IO7S. The Morgan fingerprint density at radius 3 is 2.26 bits per heavy atom. The second-order valence-electron chi connectivity index (χ2n) is 11.5. The van der Waals surface area contributed by atoms with Gasteiger partial charge in [-0.05, 0) is 79.3 Å². The Morgan fingerprint density at radius 2 is 1.69 bits per heavy atom. The van der Waals surface area contributed by atoms with Gasteiger partial charge in [0.05, 0.1) is 18.6 Å². The van der Waals surface area contributed by atoms with Crippen molar-refractivity contribution >= 4 is 52.6 Å². The minimum atomic E-state index is -1.21. The number of carbonyl (C=O) groups excluding carboxylic acids is 3. The Hall–Kier alpha value is -1.33. The molecule has 9 heteroatoms. The molecule has 1 aromatic rings. The van der Waals surface area contributed by atoms with Crippen molar-refractivity contribution in [3.05, 3.63) is 29.8 Å². The van der Waals surface area contributed by atoms with Crippen LogP contribution in [0.3, 0.4) is 0 Å². The Labute approximate surface area is 252 Å². The molecule has 0 N–H and O–H groups in total. The molecular weight excluding hydrogens is 631 g/mol. The van der Waals surface area contributed by atoms with E-state index in [2.05, 4.69) is 6.92 Å². The Kier molecular flexibility index (Phi) is 13.1. The number of esters is 1. The summed E-state index contributed by atoms with van der Waals surface area (Å²) in [6.07, 6.45) is 1.93. The number of thioether (sulfide) groups is 1. The van der Waals surface area contributed by atoms with E-state index in [0.29, 0.717) is 30.8 Å². The van der Waals surface area contributed by atoms with E-state index >= 15 is 0 Å². The van der Waals surface area contributed by atoms with Crippen LogP contribution in [0.4, 0.5) is 0 Å². The number of carbonyl (C=O) groups is 3. The number of methoxy groups -OCH3 is 2. The third-order valence-electron chi connectivity index (χ3n) is 8.14. The number of hydrogen-bond acceptors (Lipinski definition) is 8. The number of rotatable bonds is 8. The van der Waals surface area contributed by atoms with Crippen LogP contribution in [0.25, 0.3) is 0 Å². The highest BCUT2D eigenvalue weighted by atomic mass is 127. The van der Waals surface area contributed by atoms with E-state index in [1.54, 1.807) is 32.9 Å². The fourth-order valence-electron chi connectivity index (χ4n) is 5.75. The molecule has 220 valence electrons. The molecule has 1 aliphatic heterocycles. The maximum atomic E-state index is 13.9. The second-order valence-corrected chi connectivity index (χ2v) is 13.7. The molecule has 1 saturated heterocycles. The zero-order valence-electron chi connectivity index (χ0n) is 24.5. The molecule has 0 bridgehead atoms. The summed E-state index contributed by atoms with van der Waals surface area (Å²) in [6.45, 7) is 12.0. The van der Waals surface area contributed by atoms with Crippen LogP contribution in [0, 0.1) is 29.6 Å². The summed E-state index contributed by atoms with van der Waals surface area (Å²) in [6, 6.07) is 7.85. The van der Waals surface area contributed by atoms with Gasteiger partial charge in [-0.1, -0.05) is 39.8 Å². The van der Waals surface area contributed by atoms with Crippen LogP contribution in [-0.2, 0) is 34.3 Å². The van der Waals surface area contributed by atoms with Gasteiger partial charge in [-0.25, -0.2) is 0 Å². The van der Waals surface area contributed by atoms with Gasteiger partial charge in [0.2, 0.25) is 0 Å². The Morgan fingerprint density at radius 1 is 1.05 bits per heavy atom. The smallest absolute Gasteiger partial charge is 0.309 e. The molecule has 0 aromatic heterocycles. The number of ether oxygens (including phenoxy) is 4. The van der Waals surface area contributed by atoms with Gasteiger partial charge in [-0.2, -0.15) is 11.8 Å². The number of ketones is 1. The zero-order valence-corrected chi connectivity index (χ0v) is 27.5. The number of alkyl halides is 1. The normalized spacial score (nSPS) is 35.0. The van der Waals surface area contributed by atoms with Gasteiger partial charge in [-0.15, -0.1) is 0 Å². The van der Waals surface area contributed by atoms with Crippen molar-refractivity contribution in [2.75, 3.05) is 20.0 Å². The number of benzene rings is 1. The quantitative estimate of drug-likeness (QED) is 0.134. The molecule has 8 atom stereocenters. The maximum absolute atomic E-state index is 13.9. The van der Waals surface area contributed by atoms with E-state index in [1.165, 1.54) is 0 Å². The third kappa shape index (κ3) is 9.08. The minimum absolute atomic E-state index is 0.0852. The van der Waals surface area contributed by atoms with Crippen LogP contribution in [0.1, 0.15) is 66.4 Å². The van der Waals surface area contributed by atoms with Crippen LogP contribution in [0.5, 0.6) is 5.75 Å². The summed E-state index contributed by atoms with van der Waals surface area (Å²) in [5.41, 5.74) is -0.599. The molecule has 1 aromatic carbocycles. The molecule has 1 heterocycles. The van der Waals surface area contributed by atoms with Crippen molar-refractivity contribution in [2.45, 2.75) is 81.9 Å². The van der Waals surface area contributed by atoms with E-state index in [4.69, 9.17) is 18.9 Å². The molecule has 0 aliphatic carbocycles. The molecule has 0 saturated carbocycles. The fraction of sp³-hybridized carbons (Fsp3) is 0.700. The Balaban J connectivity index is 2.44. The number of halogens is 1. The van der Waals surface area contributed by atoms with Crippen molar-refractivity contribution in [1.82, 2.24) is 0 Å². The van der Waals surface area contributed by atoms with Crippen molar-refractivity contribution < 1.29 is 33.3 Å². The molecule has 1 aliphatic rings. The fourth-order valence-corrected chi connectivity index (χ4v) is 8.02. The molecule has 7 nitrogen and oxygen atoms in total. The first-order chi connectivity index (χ1) is 18.3. The highest BCUT2D eigenvalue weighted by Crippen LogP contribution is 2.42. The van der Waals surface area contributed by atoms with E-state index in [0.717, 1.165) is 17.7 Å². The van der Waals surface area contributed by atoms with Gasteiger partial charge in [0.25, 0.3) is 6.47 Å². The lowest BCUT2D eigenvalue weighted by molar-refractivity contribution is -0.175. The molecule has 0 radical (unpaired) electrons. The summed E-state index contributed by atoms with van der Waals surface area (Å²) in [7, 11) is 3.32. The van der Waals surface area contributed by atoms with E-state index in [-0.39, 0.29) is 29.5 Å². The average Bonchev–Trinajstić information content (AvgIpc) is 2.89. The SMILES string of the molecule is COc1ccc(CSC[C@@H]2[C@@H](C)C(=O)[C@H](C)C[C@@](C)(OC)C[C@@H](C)C[C@@H](C)C(=O)O[C@H](I)[C@@]2(C)OC=O)cc1. The number of cyclic esters (lactones) is 1. The first kappa shape index (κ1) is 33.9. The highest BCUT2D eigenvalue weighted by molar-refractivity contribution is 14.1. The topological polar surface area (TPSA) is 88.1 Å². The standard InChI is InChI=1S/C30H45IO7S/c1-19-13-20(2)27(34)38-28(31)30(6,37-18-32)25(17-39-16-23-9-11-24(35-7)12-10-23)22(4)26(33)21(3)15-29(5,14-19)36-8/h9-12,18-22,25,28H,13-17H2,1-8H3/t19-,20+,21+,22+,25+,28-,29-,30-/m0/s1.